The van der Waals surface area contributed by atoms with E-state index < -0.39 is 0 Å². The third-order valence-corrected chi connectivity index (χ3v) is 5.50. The van der Waals surface area contributed by atoms with E-state index in [0.717, 1.165) is 51.8 Å². The Morgan fingerprint density at radius 2 is 1.68 bits per heavy atom. The van der Waals surface area contributed by atoms with E-state index in [1.807, 2.05) is 0 Å². The lowest BCUT2D eigenvalue weighted by molar-refractivity contribution is 0.0925. The number of benzene rings is 1. The van der Waals surface area contributed by atoms with Crippen molar-refractivity contribution in [2.24, 2.45) is 10.9 Å². The van der Waals surface area contributed by atoms with Crippen LogP contribution in [0.1, 0.15) is 39.2 Å². The standard InChI is InChI=1S/C22H39N5.HI/c1-6-23-22(24-16-19(4)20-10-8-7-9-11-20)25-17-21(18(2)3)27-14-12-26(5)13-15-27;/h7-11,18-19,21H,6,12-17H2,1-5H3,(H2,23,24,25);1H. The van der Waals surface area contributed by atoms with Crippen molar-refractivity contribution in [3.63, 3.8) is 0 Å². The molecule has 0 aromatic heterocycles. The van der Waals surface area contributed by atoms with E-state index in [-0.39, 0.29) is 24.0 Å². The van der Waals surface area contributed by atoms with Crippen LogP contribution in [0.4, 0.5) is 0 Å². The van der Waals surface area contributed by atoms with Gasteiger partial charge < -0.3 is 15.5 Å². The summed E-state index contributed by atoms with van der Waals surface area (Å²) in [5, 5.41) is 6.94. The van der Waals surface area contributed by atoms with Gasteiger partial charge in [0.1, 0.15) is 0 Å². The predicted molar refractivity (Wildman–Crippen MR) is 132 cm³/mol. The lowest BCUT2D eigenvalue weighted by Crippen LogP contribution is -2.52. The highest BCUT2D eigenvalue weighted by Gasteiger charge is 2.24. The van der Waals surface area contributed by atoms with E-state index in [4.69, 9.17) is 4.99 Å². The van der Waals surface area contributed by atoms with Crippen molar-refractivity contribution < 1.29 is 0 Å². The number of hydrogen-bond acceptors (Lipinski definition) is 3. The fraction of sp³-hybridized carbons (Fsp3) is 0.682. The van der Waals surface area contributed by atoms with Gasteiger partial charge in [-0.25, -0.2) is 0 Å². The van der Waals surface area contributed by atoms with Crippen molar-refractivity contribution in [2.45, 2.75) is 39.7 Å². The highest BCUT2D eigenvalue weighted by Crippen LogP contribution is 2.15. The Kier molecular flexibility index (Phi) is 12.0. The molecule has 2 N–H and O–H groups in total. The molecule has 160 valence electrons. The minimum Gasteiger partial charge on any atom is -0.357 e. The average Bonchev–Trinajstić information content (AvgIpc) is 2.67. The third-order valence-electron chi connectivity index (χ3n) is 5.50. The molecule has 0 spiro atoms. The molecule has 1 fully saturated rings. The Morgan fingerprint density at radius 1 is 1.04 bits per heavy atom. The molecule has 1 aromatic rings. The van der Waals surface area contributed by atoms with E-state index in [9.17, 15) is 0 Å². The molecular weight excluding hydrogens is 461 g/mol. The molecule has 5 nitrogen and oxygen atoms in total. The van der Waals surface area contributed by atoms with Crippen molar-refractivity contribution in [3.05, 3.63) is 35.9 Å². The molecule has 1 aliphatic heterocycles. The number of rotatable bonds is 8. The monoisotopic (exact) mass is 501 g/mol. The summed E-state index contributed by atoms with van der Waals surface area (Å²) in [6.07, 6.45) is 0. The molecule has 2 unspecified atom stereocenters. The highest BCUT2D eigenvalue weighted by atomic mass is 127. The van der Waals surface area contributed by atoms with Gasteiger partial charge in [-0.3, -0.25) is 9.89 Å². The smallest absolute Gasteiger partial charge is 0.191 e. The van der Waals surface area contributed by atoms with Crippen LogP contribution in [0.15, 0.2) is 35.3 Å². The zero-order valence-corrected chi connectivity index (χ0v) is 20.6. The number of aliphatic imine (C=N–C) groups is 1. The van der Waals surface area contributed by atoms with Gasteiger partial charge >= 0.3 is 0 Å². The van der Waals surface area contributed by atoms with Crippen LogP contribution in [-0.2, 0) is 0 Å². The topological polar surface area (TPSA) is 42.9 Å². The second-order valence-corrected chi connectivity index (χ2v) is 8.06. The summed E-state index contributed by atoms with van der Waals surface area (Å²) in [7, 11) is 2.21. The van der Waals surface area contributed by atoms with Gasteiger partial charge in [0.25, 0.3) is 0 Å². The molecule has 2 rings (SSSR count). The van der Waals surface area contributed by atoms with Crippen LogP contribution in [0.5, 0.6) is 0 Å². The minimum absolute atomic E-state index is 0. The van der Waals surface area contributed by atoms with Gasteiger partial charge in [0, 0.05) is 45.3 Å². The Labute approximate surface area is 189 Å². The third kappa shape index (κ3) is 8.25. The molecule has 28 heavy (non-hydrogen) atoms. The Hall–Kier alpha value is -0.860. The minimum atomic E-state index is 0. The quantitative estimate of drug-likeness (QED) is 0.326. The zero-order chi connectivity index (χ0) is 19.6. The Bertz CT molecular complexity index is 555. The first-order valence-electron chi connectivity index (χ1n) is 10.5. The van der Waals surface area contributed by atoms with E-state index in [0.29, 0.717) is 17.9 Å². The molecule has 1 aliphatic rings. The molecule has 0 aliphatic carbocycles. The summed E-state index contributed by atoms with van der Waals surface area (Å²) in [5.41, 5.74) is 1.36. The number of nitrogens with zero attached hydrogens (tertiary/aromatic N) is 3. The fourth-order valence-electron chi connectivity index (χ4n) is 3.58. The molecule has 2 atom stereocenters. The van der Waals surface area contributed by atoms with Crippen molar-refractivity contribution in [1.29, 1.82) is 0 Å². The first kappa shape index (κ1) is 25.2. The maximum atomic E-state index is 4.93. The van der Waals surface area contributed by atoms with E-state index in [1.54, 1.807) is 0 Å². The second kappa shape index (κ2) is 13.4. The van der Waals surface area contributed by atoms with Gasteiger partial charge in [0.15, 0.2) is 5.96 Å². The van der Waals surface area contributed by atoms with Crippen LogP contribution in [0.2, 0.25) is 0 Å². The Morgan fingerprint density at radius 3 is 2.25 bits per heavy atom. The molecule has 1 heterocycles. The summed E-state index contributed by atoms with van der Waals surface area (Å²) in [6.45, 7) is 16.2. The highest BCUT2D eigenvalue weighted by molar-refractivity contribution is 14.0. The number of likely N-dealkylation sites (N-methyl/N-ethyl adjacent to an activating group) is 1. The Balaban J connectivity index is 0.00000392. The van der Waals surface area contributed by atoms with Crippen LogP contribution < -0.4 is 10.6 Å². The van der Waals surface area contributed by atoms with E-state index in [2.05, 4.69) is 85.5 Å². The summed E-state index contributed by atoms with van der Waals surface area (Å²) in [4.78, 5) is 9.96. The largest absolute Gasteiger partial charge is 0.357 e. The lowest BCUT2D eigenvalue weighted by atomic mass is 10.0. The van der Waals surface area contributed by atoms with Crippen LogP contribution in [0.25, 0.3) is 0 Å². The maximum absolute atomic E-state index is 4.93. The zero-order valence-electron chi connectivity index (χ0n) is 18.3. The molecule has 1 aromatic carbocycles. The van der Waals surface area contributed by atoms with Crippen LogP contribution in [-0.4, -0.2) is 74.7 Å². The second-order valence-electron chi connectivity index (χ2n) is 8.06. The van der Waals surface area contributed by atoms with Gasteiger partial charge in [-0.05, 0) is 31.4 Å². The number of halogens is 1. The van der Waals surface area contributed by atoms with Gasteiger partial charge in [-0.2, -0.15) is 0 Å². The van der Waals surface area contributed by atoms with Gasteiger partial charge in [-0.15, -0.1) is 24.0 Å². The molecule has 0 radical (unpaired) electrons. The molecule has 0 amide bonds. The van der Waals surface area contributed by atoms with Gasteiger partial charge in [-0.1, -0.05) is 51.1 Å². The summed E-state index contributed by atoms with van der Waals surface area (Å²) in [5.74, 6) is 1.98. The molecular formula is C22H40IN5. The fourth-order valence-corrected chi connectivity index (χ4v) is 3.58. The SMILES string of the molecule is CCNC(=NCC(C(C)C)N1CCN(C)CC1)NCC(C)c1ccccc1.I. The van der Waals surface area contributed by atoms with Crippen LogP contribution in [0, 0.1) is 5.92 Å². The van der Waals surface area contributed by atoms with Crippen molar-refractivity contribution in [2.75, 3.05) is 52.9 Å². The molecule has 0 bridgehead atoms. The first-order chi connectivity index (χ1) is 13.0. The number of nitrogens with one attached hydrogen (secondary N) is 2. The van der Waals surface area contributed by atoms with E-state index >= 15 is 0 Å². The number of hydrogen-bond donors (Lipinski definition) is 2. The van der Waals surface area contributed by atoms with E-state index in [1.165, 1.54) is 5.56 Å². The molecule has 6 heteroatoms. The van der Waals surface area contributed by atoms with Crippen molar-refractivity contribution in [1.82, 2.24) is 20.4 Å². The van der Waals surface area contributed by atoms with Crippen molar-refractivity contribution in [3.8, 4) is 0 Å². The van der Waals surface area contributed by atoms with Gasteiger partial charge in [0.05, 0.1) is 6.54 Å². The number of guanidine groups is 1. The molecule has 1 saturated heterocycles. The summed E-state index contributed by atoms with van der Waals surface area (Å²) < 4.78 is 0. The predicted octanol–water partition coefficient (Wildman–Crippen LogP) is 3.24. The number of piperazine rings is 1. The van der Waals surface area contributed by atoms with Gasteiger partial charge in [0.2, 0.25) is 0 Å². The average molecular weight is 502 g/mol. The van der Waals surface area contributed by atoms with Crippen LogP contribution >= 0.6 is 24.0 Å². The summed E-state index contributed by atoms with van der Waals surface area (Å²) in [6, 6.07) is 11.2. The summed E-state index contributed by atoms with van der Waals surface area (Å²) >= 11 is 0. The lowest BCUT2D eigenvalue weighted by Gasteiger charge is -2.39. The first-order valence-corrected chi connectivity index (χ1v) is 10.5. The normalized spacial score (nSPS) is 18.4. The molecule has 0 saturated carbocycles. The van der Waals surface area contributed by atoms with Crippen molar-refractivity contribution >= 4 is 29.9 Å². The maximum Gasteiger partial charge on any atom is 0.191 e. The van der Waals surface area contributed by atoms with Crippen LogP contribution in [0.3, 0.4) is 0 Å².